The zero-order valence-corrected chi connectivity index (χ0v) is 20.8. The molecule has 2 aromatic rings. The molecule has 0 bridgehead atoms. The number of aryl methyl sites for hydroxylation is 1. The summed E-state index contributed by atoms with van der Waals surface area (Å²) in [5.41, 5.74) is 0.289. The van der Waals surface area contributed by atoms with Crippen LogP contribution in [0.1, 0.15) is 41.7 Å². The Morgan fingerprint density at radius 1 is 1.27 bits per heavy atom. The van der Waals surface area contributed by atoms with Crippen LogP contribution in [-0.2, 0) is 15.7 Å². The zero-order chi connectivity index (χ0) is 24.2. The Bertz CT molecular complexity index is 945. The van der Waals surface area contributed by atoms with Gasteiger partial charge in [-0.3, -0.25) is 4.90 Å². The molecule has 10 heteroatoms. The van der Waals surface area contributed by atoms with Crippen LogP contribution in [0.3, 0.4) is 0 Å². The molecular formula is C23H29F3N2O3S2. The van der Waals surface area contributed by atoms with Gasteiger partial charge in [0.1, 0.15) is 16.0 Å². The van der Waals surface area contributed by atoms with Gasteiger partial charge in [-0.25, -0.2) is 9.78 Å². The van der Waals surface area contributed by atoms with Crippen LogP contribution >= 0.6 is 23.1 Å². The molecule has 5 nitrogen and oxygen atoms in total. The van der Waals surface area contributed by atoms with Gasteiger partial charge in [0.15, 0.2) is 0 Å². The molecule has 0 N–H and O–H groups in total. The van der Waals surface area contributed by atoms with Gasteiger partial charge >= 0.3 is 12.1 Å². The van der Waals surface area contributed by atoms with E-state index < -0.39 is 23.8 Å². The van der Waals surface area contributed by atoms with E-state index in [1.807, 2.05) is 18.7 Å². The number of hydrogen-bond donors (Lipinski definition) is 0. The first-order valence-corrected chi connectivity index (χ1v) is 12.6. The van der Waals surface area contributed by atoms with Crippen LogP contribution in [0, 0.1) is 6.92 Å². The minimum atomic E-state index is -4.40. The topological polar surface area (TPSA) is 51.7 Å². The summed E-state index contributed by atoms with van der Waals surface area (Å²) in [6.45, 7) is 11.2. The number of halogens is 3. The maximum Gasteiger partial charge on any atom is 0.416 e. The number of rotatable bonds is 8. The number of esters is 1. The van der Waals surface area contributed by atoms with Crippen LogP contribution < -0.4 is 0 Å². The lowest BCUT2D eigenvalue weighted by Gasteiger charge is -2.38. The normalized spacial score (nSPS) is 17.7. The van der Waals surface area contributed by atoms with Gasteiger partial charge in [0, 0.05) is 42.3 Å². The first-order chi connectivity index (χ1) is 15.5. The van der Waals surface area contributed by atoms with Crippen molar-refractivity contribution in [2.75, 3.05) is 38.6 Å². The SMILES string of the molecule is CCOCC(CN1CCSC(C)(C)C1)OC(=O)c1sc(-c2ccc(C(F)(F)F)cc2)nc1C. The van der Waals surface area contributed by atoms with Crippen molar-refractivity contribution in [3.8, 4) is 10.6 Å². The van der Waals surface area contributed by atoms with Crippen molar-refractivity contribution >= 4 is 29.1 Å². The third-order valence-corrected chi connectivity index (χ3v) is 7.67. The Morgan fingerprint density at radius 3 is 2.58 bits per heavy atom. The van der Waals surface area contributed by atoms with E-state index in [1.165, 1.54) is 12.1 Å². The van der Waals surface area contributed by atoms with E-state index in [1.54, 1.807) is 6.92 Å². The van der Waals surface area contributed by atoms with Crippen molar-refractivity contribution in [1.29, 1.82) is 0 Å². The highest BCUT2D eigenvalue weighted by molar-refractivity contribution is 8.00. The van der Waals surface area contributed by atoms with Crippen molar-refractivity contribution in [3.63, 3.8) is 0 Å². The van der Waals surface area contributed by atoms with Crippen molar-refractivity contribution in [2.45, 2.75) is 44.7 Å². The fourth-order valence-electron chi connectivity index (χ4n) is 3.65. The Hall–Kier alpha value is -1.62. The zero-order valence-electron chi connectivity index (χ0n) is 19.2. The molecule has 0 radical (unpaired) electrons. The van der Waals surface area contributed by atoms with Crippen LogP contribution in [0.15, 0.2) is 24.3 Å². The molecule has 0 aliphatic carbocycles. The second kappa shape index (κ2) is 10.8. The molecular weight excluding hydrogens is 473 g/mol. The second-order valence-electron chi connectivity index (χ2n) is 8.54. The van der Waals surface area contributed by atoms with Gasteiger partial charge in [-0.1, -0.05) is 12.1 Å². The lowest BCUT2D eigenvalue weighted by atomic mass is 10.1. The van der Waals surface area contributed by atoms with E-state index in [0.29, 0.717) is 40.9 Å². The minimum absolute atomic E-state index is 0.142. The molecule has 3 rings (SSSR count). The predicted octanol–water partition coefficient (Wildman–Crippen LogP) is 5.53. The van der Waals surface area contributed by atoms with Crippen LogP contribution in [0.4, 0.5) is 13.2 Å². The number of hydrogen-bond acceptors (Lipinski definition) is 7. The molecule has 0 amide bonds. The number of thioether (sulfide) groups is 1. The third kappa shape index (κ3) is 7.18. The Balaban J connectivity index is 1.71. The quantitative estimate of drug-likeness (QED) is 0.443. The molecule has 1 saturated heterocycles. The number of alkyl halides is 3. The second-order valence-corrected chi connectivity index (χ2v) is 11.3. The number of carbonyl (C=O) groups is 1. The molecule has 0 spiro atoms. The number of carbonyl (C=O) groups excluding carboxylic acids is 1. The average Bonchev–Trinajstić information content (AvgIpc) is 3.12. The summed E-state index contributed by atoms with van der Waals surface area (Å²) in [5.74, 6) is 0.533. The van der Waals surface area contributed by atoms with Gasteiger partial charge in [-0.2, -0.15) is 24.9 Å². The Labute approximate surface area is 200 Å². The summed E-state index contributed by atoms with van der Waals surface area (Å²) < 4.78 is 50.0. The first-order valence-electron chi connectivity index (χ1n) is 10.8. The fourth-order valence-corrected chi connectivity index (χ4v) is 5.78. The van der Waals surface area contributed by atoms with Gasteiger partial charge in [-0.15, -0.1) is 11.3 Å². The molecule has 1 aromatic heterocycles. The largest absolute Gasteiger partial charge is 0.454 e. The van der Waals surface area contributed by atoms with E-state index in [4.69, 9.17) is 9.47 Å². The fraction of sp³-hybridized carbons (Fsp3) is 0.565. The van der Waals surface area contributed by atoms with Crippen molar-refractivity contribution in [1.82, 2.24) is 9.88 Å². The van der Waals surface area contributed by atoms with Crippen LogP contribution in [0.25, 0.3) is 10.6 Å². The molecule has 1 aliphatic rings. The lowest BCUT2D eigenvalue weighted by Crippen LogP contribution is -2.47. The van der Waals surface area contributed by atoms with E-state index in [9.17, 15) is 18.0 Å². The van der Waals surface area contributed by atoms with Gasteiger partial charge in [-0.05, 0) is 39.8 Å². The number of benzene rings is 1. The monoisotopic (exact) mass is 502 g/mol. The molecule has 1 atom stereocenters. The van der Waals surface area contributed by atoms with Gasteiger partial charge < -0.3 is 9.47 Å². The average molecular weight is 503 g/mol. The Kier molecular flexibility index (Phi) is 8.47. The molecule has 0 saturated carbocycles. The molecule has 182 valence electrons. The molecule has 1 unspecified atom stereocenters. The van der Waals surface area contributed by atoms with Gasteiger partial charge in [0.25, 0.3) is 0 Å². The number of thiazole rings is 1. The number of aromatic nitrogens is 1. The first kappa shape index (κ1) is 26.0. The highest BCUT2D eigenvalue weighted by Gasteiger charge is 2.31. The summed E-state index contributed by atoms with van der Waals surface area (Å²) in [5, 5.41) is 0.476. The highest BCUT2D eigenvalue weighted by Crippen LogP contribution is 2.33. The van der Waals surface area contributed by atoms with E-state index in [0.717, 1.165) is 42.3 Å². The molecule has 1 aromatic carbocycles. The smallest absolute Gasteiger partial charge is 0.416 e. The van der Waals surface area contributed by atoms with Gasteiger partial charge in [0.2, 0.25) is 0 Å². The van der Waals surface area contributed by atoms with Crippen molar-refractivity contribution < 1.29 is 27.4 Å². The van der Waals surface area contributed by atoms with Crippen molar-refractivity contribution in [2.24, 2.45) is 0 Å². The third-order valence-electron chi connectivity index (χ3n) is 5.19. The van der Waals surface area contributed by atoms with E-state index >= 15 is 0 Å². The van der Waals surface area contributed by atoms with Gasteiger partial charge in [0.05, 0.1) is 17.9 Å². The van der Waals surface area contributed by atoms with Crippen molar-refractivity contribution in [3.05, 3.63) is 40.4 Å². The molecule has 33 heavy (non-hydrogen) atoms. The summed E-state index contributed by atoms with van der Waals surface area (Å²) in [6, 6.07) is 4.76. The maximum atomic E-state index is 13.0. The summed E-state index contributed by atoms with van der Waals surface area (Å²) >= 11 is 3.06. The minimum Gasteiger partial charge on any atom is -0.454 e. The number of ether oxygens (including phenoxy) is 2. The molecule has 1 fully saturated rings. The lowest BCUT2D eigenvalue weighted by molar-refractivity contribution is -0.137. The van der Waals surface area contributed by atoms with Crippen LogP contribution in [0.2, 0.25) is 0 Å². The summed E-state index contributed by atoms with van der Waals surface area (Å²) in [6.07, 6.45) is -4.82. The van der Waals surface area contributed by atoms with Crippen LogP contribution in [-0.4, -0.2) is 65.3 Å². The Morgan fingerprint density at radius 2 is 1.97 bits per heavy atom. The molecule has 2 heterocycles. The maximum absolute atomic E-state index is 13.0. The number of nitrogens with zero attached hydrogens (tertiary/aromatic N) is 2. The van der Waals surface area contributed by atoms with E-state index in [2.05, 4.69) is 23.7 Å². The van der Waals surface area contributed by atoms with E-state index in [-0.39, 0.29) is 4.75 Å². The molecule has 1 aliphatic heterocycles. The summed E-state index contributed by atoms with van der Waals surface area (Å²) in [4.78, 5) is 20.0. The van der Waals surface area contributed by atoms with Crippen LogP contribution in [0.5, 0.6) is 0 Å². The predicted molar refractivity (Wildman–Crippen MR) is 126 cm³/mol. The summed E-state index contributed by atoms with van der Waals surface area (Å²) in [7, 11) is 0. The highest BCUT2D eigenvalue weighted by atomic mass is 32.2. The standard InChI is InChI=1S/C23H29F3N2O3S2/c1-5-30-13-18(12-28-10-11-32-22(3,4)14-28)31-21(29)19-15(2)27-20(33-19)16-6-8-17(9-7-16)23(24,25)26/h6-9,18H,5,10-14H2,1-4H3.